The summed E-state index contributed by atoms with van der Waals surface area (Å²) >= 11 is 0. The van der Waals surface area contributed by atoms with E-state index in [2.05, 4.69) is 0 Å². The Morgan fingerprint density at radius 2 is 1.77 bits per heavy atom. The summed E-state index contributed by atoms with van der Waals surface area (Å²) in [4.78, 5) is 0. The van der Waals surface area contributed by atoms with E-state index in [0.29, 0.717) is 0 Å². The first kappa shape index (κ1) is 12.9. The zero-order chi connectivity index (χ0) is 10.6. The number of rotatable bonds is 5. The Balaban J connectivity index is 4.49. The van der Waals surface area contributed by atoms with Gasteiger partial charge in [-0.05, 0) is 12.8 Å². The van der Waals surface area contributed by atoms with Gasteiger partial charge >= 0.3 is 0 Å². The van der Waals surface area contributed by atoms with Crippen molar-refractivity contribution in [1.29, 1.82) is 0 Å². The van der Waals surface area contributed by atoms with Crippen LogP contribution in [0.15, 0.2) is 0 Å². The number of hydrogen-bond donors (Lipinski definition) is 1. The number of aliphatic hydroxyl groups excluding tert-OH is 1. The van der Waals surface area contributed by atoms with Crippen LogP contribution in [-0.4, -0.2) is 43.3 Å². The van der Waals surface area contributed by atoms with Crippen LogP contribution in [0.5, 0.6) is 0 Å². The van der Waals surface area contributed by atoms with Crippen molar-refractivity contribution < 1.29 is 13.5 Å². The quantitative estimate of drug-likeness (QED) is 0.708. The highest BCUT2D eigenvalue weighted by atomic mass is 32.2. The van der Waals surface area contributed by atoms with Crippen molar-refractivity contribution in [3.8, 4) is 0 Å². The molecule has 1 unspecified atom stereocenters. The predicted molar refractivity (Wildman–Crippen MR) is 52.9 cm³/mol. The third-order valence-corrected chi connectivity index (χ3v) is 4.23. The molecule has 1 atom stereocenters. The predicted octanol–water partition coefficient (Wildman–Crippen LogP) is 0.285. The first-order valence-electron chi connectivity index (χ1n) is 4.39. The van der Waals surface area contributed by atoms with E-state index in [0.717, 1.165) is 0 Å². The summed E-state index contributed by atoms with van der Waals surface area (Å²) in [5.74, 6) is 0.0825. The highest BCUT2D eigenvalue weighted by Crippen LogP contribution is 2.12. The lowest BCUT2D eigenvalue weighted by Gasteiger charge is -2.26. The average Bonchev–Trinajstić information content (AvgIpc) is 2.01. The molecular weight excluding hydrogens is 190 g/mol. The van der Waals surface area contributed by atoms with Crippen LogP contribution in [0, 0.1) is 5.92 Å². The summed E-state index contributed by atoms with van der Waals surface area (Å²) < 4.78 is 24.2. The van der Waals surface area contributed by atoms with Gasteiger partial charge in [0.2, 0.25) is 10.0 Å². The summed E-state index contributed by atoms with van der Waals surface area (Å²) in [5.41, 5.74) is 0. The van der Waals surface area contributed by atoms with Crippen molar-refractivity contribution in [3.05, 3.63) is 0 Å². The van der Waals surface area contributed by atoms with E-state index in [4.69, 9.17) is 5.11 Å². The van der Waals surface area contributed by atoms with Gasteiger partial charge in [-0.1, -0.05) is 13.8 Å². The number of sulfonamides is 1. The average molecular weight is 209 g/mol. The van der Waals surface area contributed by atoms with E-state index >= 15 is 0 Å². The topological polar surface area (TPSA) is 57.6 Å². The van der Waals surface area contributed by atoms with Gasteiger partial charge in [-0.3, -0.25) is 0 Å². The molecule has 0 aromatic carbocycles. The lowest BCUT2D eigenvalue weighted by atomic mass is 10.1. The highest BCUT2D eigenvalue weighted by Gasteiger charge is 2.24. The zero-order valence-electron chi connectivity index (χ0n) is 8.69. The van der Waals surface area contributed by atoms with Crippen molar-refractivity contribution in [1.82, 2.24) is 4.31 Å². The molecule has 0 saturated carbocycles. The second-order valence-corrected chi connectivity index (χ2v) is 5.69. The van der Waals surface area contributed by atoms with Crippen molar-refractivity contribution in [3.63, 3.8) is 0 Å². The van der Waals surface area contributed by atoms with Gasteiger partial charge in [0.15, 0.2) is 0 Å². The summed E-state index contributed by atoms with van der Waals surface area (Å²) in [6.07, 6.45) is 0. The second-order valence-electron chi connectivity index (χ2n) is 3.54. The summed E-state index contributed by atoms with van der Waals surface area (Å²) in [6, 6.07) is -0.0310. The molecular formula is C8H19NO3S. The molecule has 0 heterocycles. The van der Waals surface area contributed by atoms with Crippen LogP contribution in [0.4, 0.5) is 0 Å². The molecule has 1 N–H and O–H groups in total. The maximum Gasteiger partial charge on any atom is 0.216 e. The molecule has 0 bridgehead atoms. The highest BCUT2D eigenvalue weighted by molar-refractivity contribution is 7.89. The Morgan fingerprint density at radius 3 is 2.08 bits per heavy atom. The van der Waals surface area contributed by atoms with Gasteiger partial charge in [0, 0.05) is 13.1 Å². The van der Waals surface area contributed by atoms with Crippen molar-refractivity contribution in [2.45, 2.75) is 26.8 Å². The Labute approximate surface area is 80.6 Å². The first-order valence-corrected chi connectivity index (χ1v) is 6.00. The molecule has 0 fully saturated rings. The van der Waals surface area contributed by atoms with Gasteiger partial charge in [-0.25, -0.2) is 12.7 Å². The van der Waals surface area contributed by atoms with Gasteiger partial charge < -0.3 is 5.11 Å². The van der Waals surface area contributed by atoms with Gasteiger partial charge in [0.1, 0.15) is 0 Å². The van der Waals surface area contributed by atoms with Crippen LogP contribution in [0.25, 0.3) is 0 Å². The minimum absolute atomic E-state index is 0.0310. The van der Waals surface area contributed by atoms with Crippen LogP contribution < -0.4 is 0 Å². The standard InChI is InChI=1S/C8H19NO3S/c1-7(2)8(3)9(4)13(11,12)6-5-10/h7-8,10H,5-6H2,1-4H3. The van der Waals surface area contributed by atoms with Gasteiger partial charge in [0.25, 0.3) is 0 Å². The molecule has 4 nitrogen and oxygen atoms in total. The fourth-order valence-electron chi connectivity index (χ4n) is 0.933. The van der Waals surface area contributed by atoms with Gasteiger partial charge in [-0.15, -0.1) is 0 Å². The fourth-order valence-corrected chi connectivity index (χ4v) is 2.20. The summed E-state index contributed by atoms with van der Waals surface area (Å²) in [7, 11) is -1.72. The third kappa shape index (κ3) is 3.62. The smallest absolute Gasteiger partial charge is 0.216 e. The van der Waals surface area contributed by atoms with Crippen molar-refractivity contribution in [2.75, 3.05) is 19.4 Å². The van der Waals surface area contributed by atoms with E-state index in [1.807, 2.05) is 20.8 Å². The monoisotopic (exact) mass is 209 g/mol. The van der Waals surface area contributed by atoms with E-state index < -0.39 is 10.0 Å². The maximum atomic E-state index is 11.4. The molecule has 0 aliphatic carbocycles. The molecule has 0 aromatic rings. The van der Waals surface area contributed by atoms with Gasteiger partial charge in [0.05, 0.1) is 12.4 Å². The molecule has 0 aliphatic heterocycles. The lowest BCUT2D eigenvalue weighted by Crippen LogP contribution is -2.40. The van der Waals surface area contributed by atoms with Crippen LogP contribution in [0.3, 0.4) is 0 Å². The third-order valence-electron chi connectivity index (χ3n) is 2.33. The van der Waals surface area contributed by atoms with E-state index in [1.165, 1.54) is 4.31 Å². The van der Waals surface area contributed by atoms with Crippen LogP contribution in [0.1, 0.15) is 20.8 Å². The largest absolute Gasteiger partial charge is 0.395 e. The Hall–Kier alpha value is -0.130. The Kier molecular flexibility index (Phi) is 4.88. The van der Waals surface area contributed by atoms with Crippen molar-refractivity contribution in [2.24, 2.45) is 5.92 Å². The maximum absolute atomic E-state index is 11.4. The van der Waals surface area contributed by atoms with Crippen LogP contribution >= 0.6 is 0 Å². The number of aliphatic hydroxyl groups is 1. The minimum atomic E-state index is -3.27. The van der Waals surface area contributed by atoms with Crippen LogP contribution in [0.2, 0.25) is 0 Å². The fraction of sp³-hybridized carbons (Fsp3) is 1.00. The molecule has 80 valence electrons. The zero-order valence-corrected chi connectivity index (χ0v) is 9.50. The second kappa shape index (κ2) is 4.93. The molecule has 5 heteroatoms. The first-order chi connectivity index (χ1) is 5.83. The summed E-state index contributed by atoms with van der Waals surface area (Å²) in [6.45, 7) is 5.47. The van der Waals surface area contributed by atoms with E-state index in [1.54, 1.807) is 7.05 Å². The lowest BCUT2D eigenvalue weighted by molar-refractivity contribution is 0.297. The number of nitrogens with zero attached hydrogens (tertiary/aromatic N) is 1. The molecule has 0 spiro atoms. The Bertz CT molecular complexity index is 236. The normalized spacial score (nSPS) is 15.3. The van der Waals surface area contributed by atoms with Crippen molar-refractivity contribution >= 4 is 10.0 Å². The Morgan fingerprint density at radius 1 is 1.31 bits per heavy atom. The molecule has 0 rings (SSSR count). The molecule has 0 amide bonds. The number of hydrogen-bond acceptors (Lipinski definition) is 3. The van der Waals surface area contributed by atoms with E-state index in [9.17, 15) is 8.42 Å². The minimum Gasteiger partial charge on any atom is -0.395 e. The van der Waals surface area contributed by atoms with Crippen LogP contribution in [-0.2, 0) is 10.0 Å². The molecule has 13 heavy (non-hydrogen) atoms. The summed E-state index contributed by atoms with van der Waals surface area (Å²) in [5, 5.41) is 8.57. The van der Waals surface area contributed by atoms with E-state index in [-0.39, 0.29) is 24.3 Å². The molecule has 0 aromatic heterocycles. The molecule has 0 aliphatic rings. The molecule has 0 saturated heterocycles. The SMILES string of the molecule is CC(C)C(C)N(C)S(=O)(=O)CCO. The van der Waals surface area contributed by atoms with Gasteiger partial charge in [-0.2, -0.15) is 0 Å². The molecule has 0 radical (unpaired) electrons.